The van der Waals surface area contributed by atoms with Crippen molar-refractivity contribution in [3.8, 4) is 0 Å². The zero-order valence-electron chi connectivity index (χ0n) is 14.2. The number of carbonyl (C=O) groups is 1. The molecule has 3 heterocycles. The Morgan fingerprint density at radius 1 is 1.20 bits per heavy atom. The Labute approximate surface area is 146 Å². The van der Waals surface area contributed by atoms with Gasteiger partial charge in [0.05, 0.1) is 12.6 Å². The molecule has 0 bridgehead atoms. The van der Waals surface area contributed by atoms with Crippen LogP contribution in [-0.4, -0.2) is 32.1 Å². The zero-order chi connectivity index (χ0) is 17.2. The molecule has 1 aliphatic heterocycles. The first-order valence-electron chi connectivity index (χ1n) is 8.44. The van der Waals surface area contributed by atoms with Crippen LogP contribution in [0, 0.1) is 0 Å². The molecule has 3 aromatic rings. The number of rotatable bonds is 3. The van der Waals surface area contributed by atoms with Gasteiger partial charge in [0.15, 0.2) is 0 Å². The van der Waals surface area contributed by atoms with Gasteiger partial charge in [0.2, 0.25) is 5.91 Å². The molecule has 1 amide bonds. The Hall–Kier alpha value is -2.95. The molecule has 2 aromatic heterocycles. The van der Waals surface area contributed by atoms with E-state index in [2.05, 4.69) is 28.3 Å². The smallest absolute Gasteiger partial charge is 0.227 e. The van der Waals surface area contributed by atoms with Gasteiger partial charge in [-0.3, -0.25) is 14.5 Å². The van der Waals surface area contributed by atoms with Crippen LogP contribution in [0.4, 0.5) is 0 Å². The van der Waals surface area contributed by atoms with E-state index in [1.54, 1.807) is 12.4 Å². The average molecular weight is 332 g/mol. The maximum atomic E-state index is 12.8. The third-order valence-electron chi connectivity index (χ3n) is 4.75. The lowest BCUT2D eigenvalue weighted by atomic mass is 9.86. The fourth-order valence-electron chi connectivity index (χ4n) is 3.49. The summed E-state index contributed by atoms with van der Waals surface area (Å²) in [5, 5.41) is 4.31. The summed E-state index contributed by atoms with van der Waals surface area (Å²) < 4.78 is 1.81. The Morgan fingerprint density at radius 3 is 2.84 bits per heavy atom. The standard InChI is InChI=1S/C20H20N4O/c1-23-12-17(11-22-23)19-14-24(13-16-6-2-3-7-18(16)19)20(25)9-15-5-4-8-21-10-15/h2-8,10-12,19H,9,13-14H2,1H3/t19-/m0/s1. The summed E-state index contributed by atoms with van der Waals surface area (Å²) in [6.45, 7) is 1.34. The van der Waals surface area contributed by atoms with Crippen LogP contribution < -0.4 is 0 Å². The van der Waals surface area contributed by atoms with E-state index in [0.717, 1.165) is 11.1 Å². The Balaban J connectivity index is 1.62. The molecule has 1 aromatic carbocycles. The molecule has 0 unspecified atom stereocenters. The van der Waals surface area contributed by atoms with Gasteiger partial charge in [-0.05, 0) is 28.3 Å². The lowest BCUT2D eigenvalue weighted by Crippen LogP contribution is -2.39. The molecule has 0 saturated carbocycles. The Kier molecular flexibility index (Phi) is 4.06. The van der Waals surface area contributed by atoms with Gasteiger partial charge < -0.3 is 4.90 Å². The normalized spacial score (nSPS) is 16.5. The van der Waals surface area contributed by atoms with Gasteiger partial charge in [0.25, 0.3) is 0 Å². The van der Waals surface area contributed by atoms with E-state index in [1.165, 1.54) is 11.1 Å². The predicted molar refractivity (Wildman–Crippen MR) is 94.9 cm³/mol. The molecule has 126 valence electrons. The van der Waals surface area contributed by atoms with Gasteiger partial charge >= 0.3 is 0 Å². The maximum Gasteiger partial charge on any atom is 0.227 e. The number of fused-ring (bicyclic) bond motifs is 1. The molecule has 5 heteroatoms. The molecule has 0 saturated heterocycles. The van der Waals surface area contributed by atoms with Crippen LogP contribution in [-0.2, 0) is 24.8 Å². The molecule has 0 radical (unpaired) electrons. The minimum Gasteiger partial charge on any atom is -0.337 e. The number of aryl methyl sites for hydroxylation is 1. The topological polar surface area (TPSA) is 51.0 Å². The van der Waals surface area contributed by atoms with Gasteiger partial charge in [0, 0.05) is 44.6 Å². The maximum absolute atomic E-state index is 12.8. The van der Waals surface area contributed by atoms with E-state index in [0.29, 0.717) is 19.5 Å². The minimum absolute atomic E-state index is 0.136. The van der Waals surface area contributed by atoms with Crippen molar-refractivity contribution in [2.45, 2.75) is 18.9 Å². The lowest BCUT2D eigenvalue weighted by Gasteiger charge is -2.34. The number of pyridine rings is 1. The molecule has 1 atom stereocenters. The number of amides is 1. The molecule has 25 heavy (non-hydrogen) atoms. The van der Waals surface area contributed by atoms with Gasteiger partial charge in [-0.2, -0.15) is 5.10 Å². The highest BCUT2D eigenvalue weighted by Crippen LogP contribution is 2.33. The fourth-order valence-corrected chi connectivity index (χ4v) is 3.49. The van der Waals surface area contributed by atoms with Crippen molar-refractivity contribution in [2.24, 2.45) is 7.05 Å². The second kappa shape index (κ2) is 6.51. The number of nitrogens with zero attached hydrogens (tertiary/aromatic N) is 4. The Morgan fingerprint density at radius 2 is 2.08 bits per heavy atom. The molecular formula is C20H20N4O. The summed E-state index contributed by atoms with van der Waals surface area (Å²) >= 11 is 0. The van der Waals surface area contributed by atoms with Crippen LogP contribution in [0.2, 0.25) is 0 Å². The molecule has 4 rings (SSSR count). The van der Waals surface area contributed by atoms with Gasteiger partial charge in [-0.25, -0.2) is 0 Å². The largest absolute Gasteiger partial charge is 0.337 e. The van der Waals surface area contributed by atoms with Crippen LogP contribution >= 0.6 is 0 Å². The van der Waals surface area contributed by atoms with Gasteiger partial charge in [-0.15, -0.1) is 0 Å². The summed E-state index contributed by atoms with van der Waals surface area (Å²) in [5.41, 5.74) is 4.60. The minimum atomic E-state index is 0.136. The first kappa shape index (κ1) is 15.6. The molecule has 0 aliphatic carbocycles. The summed E-state index contributed by atoms with van der Waals surface area (Å²) in [7, 11) is 1.92. The second-order valence-electron chi connectivity index (χ2n) is 6.51. The van der Waals surface area contributed by atoms with Crippen molar-refractivity contribution < 1.29 is 4.79 Å². The molecule has 0 fully saturated rings. The molecule has 5 nitrogen and oxygen atoms in total. The first-order chi connectivity index (χ1) is 12.2. The highest BCUT2D eigenvalue weighted by atomic mass is 16.2. The summed E-state index contributed by atoms with van der Waals surface area (Å²) in [5.74, 6) is 0.299. The van der Waals surface area contributed by atoms with E-state index in [9.17, 15) is 4.79 Å². The van der Waals surface area contributed by atoms with Crippen molar-refractivity contribution in [1.29, 1.82) is 0 Å². The van der Waals surface area contributed by atoms with Crippen molar-refractivity contribution >= 4 is 5.91 Å². The summed E-state index contributed by atoms with van der Waals surface area (Å²) in [6.07, 6.45) is 7.81. The van der Waals surface area contributed by atoms with Crippen molar-refractivity contribution in [3.63, 3.8) is 0 Å². The Bertz CT molecular complexity index is 887. The van der Waals surface area contributed by atoms with Crippen LogP contribution in [0.25, 0.3) is 0 Å². The predicted octanol–water partition coefficient (Wildman–Crippen LogP) is 2.53. The molecular weight excluding hydrogens is 312 g/mol. The molecule has 0 spiro atoms. The highest BCUT2D eigenvalue weighted by Gasteiger charge is 2.29. The van der Waals surface area contributed by atoms with Gasteiger partial charge in [0.1, 0.15) is 0 Å². The summed E-state index contributed by atoms with van der Waals surface area (Å²) in [4.78, 5) is 18.9. The first-order valence-corrected chi connectivity index (χ1v) is 8.44. The average Bonchev–Trinajstić information content (AvgIpc) is 3.08. The summed E-state index contributed by atoms with van der Waals surface area (Å²) in [6, 6.07) is 12.2. The van der Waals surface area contributed by atoms with E-state index in [-0.39, 0.29) is 11.8 Å². The number of carbonyl (C=O) groups excluding carboxylic acids is 1. The van der Waals surface area contributed by atoms with Crippen LogP contribution in [0.5, 0.6) is 0 Å². The van der Waals surface area contributed by atoms with Crippen molar-refractivity contribution in [3.05, 3.63) is 83.4 Å². The van der Waals surface area contributed by atoms with Crippen LogP contribution in [0.15, 0.2) is 61.2 Å². The quantitative estimate of drug-likeness (QED) is 0.740. The number of aromatic nitrogens is 3. The lowest BCUT2D eigenvalue weighted by molar-refractivity contribution is -0.131. The van der Waals surface area contributed by atoms with E-state index < -0.39 is 0 Å². The zero-order valence-corrected chi connectivity index (χ0v) is 14.2. The number of hydrogen-bond donors (Lipinski definition) is 0. The third kappa shape index (κ3) is 3.18. The van der Waals surface area contributed by atoms with Gasteiger partial charge in [-0.1, -0.05) is 30.3 Å². The molecule has 1 aliphatic rings. The van der Waals surface area contributed by atoms with Crippen LogP contribution in [0.1, 0.15) is 28.2 Å². The second-order valence-corrected chi connectivity index (χ2v) is 6.51. The van der Waals surface area contributed by atoms with E-state index >= 15 is 0 Å². The van der Waals surface area contributed by atoms with E-state index in [4.69, 9.17) is 0 Å². The number of benzene rings is 1. The van der Waals surface area contributed by atoms with Crippen molar-refractivity contribution in [1.82, 2.24) is 19.7 Å². The van der Waals surface area contributed by atoms with Crippen molar-refractivity contribution in [2.75, 3.05) is 6.54 Å². The number of hydrogen-bond acceptors (Lipinski definition) is 3. The molecule has 0 N–H and O–H groups in total. The van der Waals surface area contributed by atoms with E-state index in [1.807, 2.05) is 47.2 Å². The highest BCUT2D eigenvalue weighted by molar-refractivity contribution is 5.79. The third-order valence-corrected chi connectivity index (χ3v) is 4.75. The SMILES string of the molecule is Cn1cc([C@@H]2CN(C(=O)Cc3cccnc3)Cc3ccccc32)cn1. The monoisotopic (exact) mass is 332 g/mol. The fraction of sp³-hybridized carbons (Fsp3) is 0.250. The van der Waals surface area contributed by atoms with Crippen LogP contribution in [0.3, 0.4) is 0 Å².